The molecule has 0 saturated heterocycles. The van der Waals surface area contributed by atoms with Gasteiger partial charge >= 0.3 is 0 Å². The van der Waals surface area contributed by atoms with Gasteiger partial charge in [0.1, 0.15) is 5.75 Å². The third kappa shape index (κ3) is 4.17. The van der Waals surface area contributed by atoms with E-state index >= 15 is 0 Å². The number of methoxy groups -OCH3 is 1. The second kappa shape index (κ2) is 8.61. The molecule has 0 fully saturated rings. The van der Waals surface area contributed by atoms with E-state index in [2.05, 4.69) is 36.1 Å². The summed E-state index contributed by atoms with van der Waals surface area (Å²) in [6.07, 6.45) is 0. The highest BCUT2D eigenvalue weighted by atomic mass is 16.5. The average Bonchev–Trinajstić information content (AvgIpc) is 2.72. The van der Waals surface area contributed by atoms with Crippen molar-refractivity contribution in [3.8, 4) is 5.75 Å². The largest absolute Gasteiger partial charge is 0.497 e. The number of ether oxygens (including phenoxy) is 1. The Bertz CT molecular complexity index is 949. The third-order valence-corrected chi connectivity index (χ3v) is 4.74. The highest BCUT2D eigenvalue weighted by molar-refractivity contribution is 6.00. The topological polar surface area (TPSA) is 32.8 Å². The molecule has 0 radical (unpaired) electrons. The lowest BCUT2D eigenvalue weighted by molar-refractivity contribution is 0.0828. The number of amides is 1. The van der Waals surface area contributed by atoms with E-state index in [1.165, 1.54) is 0 Å². The zero-order valence-electron chi connectivity index (χ0n) is 16.8. The number of carbonyl (C=O) groups is 1. The van der Waals surface area contributed by atoms with Crippen molar-refractivity contribution >= 4 is 17.3 Å². The summed E-state index contributed by atoms with van der Waals surface area (Å²) in [5.74, 6) is 0.818. The van der Waals surface area contributed by atoms with Crippen molar-refractivity contribution in [2.45, 2.75) is 13.5 Å². The minimum absolute atomic E-state index is 0.0103. The van der Waals surface area contributed by atoms with Crippen LogP contribution in [0.2, 0.25) is 0 Å². The smallest absolute Gasteiger partial charge is 0.255 e. The quantitative estimate of drug-likeness (QED) is 0.606. The first kappa shape index (κ1) is 19.5. The van der Waals surface area contributed by atoms with Crippen LogP contribution in [-0.2, 0) is 6.54 Å². The van der Waals surface area contributed by atoms with Gasteiger partial charge in [0.15, 0.2) is 0 Å². The molecule has 0 bridgehead atoms. The molecule has 0 saturated carbocycles. The Hall–Kier alpha value is -3.27. The molecule has 0 aliphatic carbocycles. The van der Waals surface area contributed by atoms with Crippen molar-refractivity contribution in [1.29, 1.82) is 0 Å². The van der Waals surface area contributed by atoms with Crippen LogP contribution in [0.1, 0.15) is 21.5 Å². The number of nitrogens with zero attached hydrogens (tertiary/aromatic N) is 2. The average molecular weight is 374 g/mol. The van der Waals surface area contributed by atoms with Crippen LogP contribution in [0.5, 0.6) is 5.75 Å². The van der Waals surface area contributed by atoms with Crippen LogP contribution in [0.15, 0.2) is 72.8 Å². The predicted octanol–water partition coefficient (Wildman–Crippen LogP) is 5.04. The predicted molar refractivity (Wildman–Crippen MR) is 114 cm³/mol. The summed E-state index contributed by atoms with van der Waals surface area (Å²) in [4.78, 5) is 16.6. The van der Waals surface area contributed by atoms with E-state index in [0.717, 1.165) is 28.3 Å². The second-order valence-corrected chi connectivity index (χ2v) is 6.94. The molecule has 3 aromatic rings. The summed E-state index contributed by atoms with van der Waals surface area (Å²) in [7, 11) is 5.22. The van der Waals surface area contributed by atoms with Gasteiger partial charge in [-0.1, -0.05) is 42.5 Å². The molecule has 144 valence electrons. The first-order valence-electron chi connectivity index (χ1n) is 9.28. The van der Waals surface area contributed by atoms with E-state index in [0.29, 0.717) is 12.1 Å². The van der Waals surface area contributed by atoms with Crippen molar-refractivity contribution in [3.05, 3.63) is 89.5 Å². The first-order chi connectivity index (χ1) is 13.5. The van der Waals surface area contributed by atoms with Gasteiger partial charge in [-0.05, 0) is 48.4 Å². The Balaban J connectivity index is 2.10. The molecule has 0 atom stereocenters. The first-order valence-corrected chi connectivity index (χ1v) is 9.28. The molecule has 0 aromatic heterocycles. The number of benzene rings is 3. The molecule has 4 nitrogen and oxygen atoms in total. The van der Waals surface area contributed by atoms with Crippen molar-refractivity contribution in [3.63, 3.8) is 0 Å². The van der Waals surface area contributed by atoms with Crippen molar-refractivity contribution < 1.29 is 9.53 Å². The number of hydrogen-bond donors (Lipinski definition) is 0. The number of rotatable bonds is 6. The van der Waals surface area contributed by atoms with Crippen molar-refractivity contribution in [2.24, 2.45) is 0 Å². The van der Waals surface area contributed by atoms with Crippen LogP contribution >= 0.6 is 0 Å². The van der Waals surface area contributed by atoms with Gasteiger partial charge < -0.3 is 14.5 Å². The van der Waals surface area contributed by atoms with Crippen LogP contribution in [-0.4, -0.2) is 32.0 Å². The van der Waals surface area contributed by atoms with Crippen molar-refractivity contribution in [2.75, 3.05) is 26.1 Å². The fraction of sp³-hybridized carbons (Fsp3) is 0.208. The molecule has 0 aliphatic rings. The minimum Gasteiger partial charge on any atom is -0.497 e. The molecular weight excluding hydrogens is 348 g/mol. The lowest BCUT2D eigenvalue weighted by atomic mass is 10.1. The molecular formula is C24H26N2O2. The molecule has 3 rings (SSSR count). The van der Waals surface area contributed by atoms with Gasteiger partial charge in [-0.15, -0.1) is 0 Å². The van der Waals surface area contributed by atoms with Crippen LogP contribution < -0.4 is 9.64 Å². The lowest BCUT2D eigenvalue weighted by Crippen LogP contribution is -2.26. The van der Waals surface area contributed by atoms with Crippen LogP contribution in [0.25, 0.3) is 0 Å². The Morgan fingerprint density at radius 1 is 0.857 bits per heavy atom. The van der Waals surface area contributed by atoms with Crippen molar-refractivity contribution in [1.82, 2.24) is 4.90 Å². The SMILES string of the molecule is COc1ccc(CN(c2ccccc2C)c2ccccc2C(=O)N(C)C)cc1. The Kier molecular flexibility index (Phi) is 5.99. The molecule has 0 heterocycles. The third-order valence-electron chi connectivity index (χ3n) is 4.74. The number of aryl methyl sites for hydroxylation is 1. The highest BCUT2D eigenvalue weighted by Crippen LogP contribution is 2.33. The van der Waals surface area contributed by atoms with Crippen LogP contribution in [0.4, 0.5) is 11.4 Å². The maximum absolute atomic E-state index is 12.8. The van der Waals surface area contributed by atoms with E-state index in [9.17, 15) is 4.79 Å². The maximum atomic E-state index is 12.8. The molecule has 3 aromatic carbocycles. The standard InChI is InChI=1S/C24H26N2O2/c1-18-9-5-7-11-22(18)26(17-19-13-15-20(28-4)16-14-19)23-12-8-6-10-21(23)24(27)25(2)3/h5-16H,17H2,1-4H3. The summed E-state index contributed by atoms with van der Waals surface area (Å²) < 4.78 is 5.28. The molecule has 1 amide bonds. The molecule has 0 N–H and O–H groups in total. The van der Waals surface area contributed by atoms with E-state index in [-0.39, 0.29) is 5.91 Å². The molecule has 28 heavy (non-hydrogen) atoms. The molecule has 4 heteroatoms. The van der Waals surface area contributed by atoms with Gasteiger partial charge in [-0.3, -0.25) is 4.79 Å². The summed E-state index contributed by atoms with van der Waals surface area (Å²) in [5, 5.41) is 0. The Labute approximate surface area is 167 Å². The van der Waals surface area contributed by atoms with Gasteiger partial charge in [0, 0.05) is 26.3 Å². The molecule has 0 spiro atoms. The summed E-state index contributed by atoms with van der Waals surface area (Å²) in [6.45, 7) is 2.74. The lowest BCUT2D eigenvalue weighted by Gasteiger charge is -2.29. The van der Waals surface area contributed by atoms with E-state index < -0.39 is 0 Å². The molecule has 0 unspecified atom stereocenters. The fourth-order valence-corrected chi connectivity index (χ4v) is 3.21. The fourth-order valence-electron chi connectivity index (χ4n) is 3.21. The summed E-state index contributed by atoms with van der Waals surface area (Å²) in [6, 6.07) is 24.0. The minimum atomic E-state index is -0.0103. The zero-order valence-corrected chi connectivity index (χ0v) is 16.8. The number of para-hydroxylation sites is 2. The second-order valence-electron chi connectivity index (χ2n) is 6.94. The monoisotopic (exact) mass is 374 g/mol. The number of carbonyl (C=O) groups excluding carboxylic acids is 1. The van der Waals surface area contributed by atoms with E-state index in [1.54, 1.807) is 26.1 Å². The molecule has 0 aliphatic heterocycles. The van der Waals surface area contributed by atoms with Gasteiger partial charge in [-0.2, -0.15) is 0 Å². The Morgan fingerprint density at radius 2 is 1.46 bits per heavy atom. The highest BCUT2D eigenvalue weighted by Gasteiger charge is 2.20. The normalized spacial score (nSPS) is 10.4. The zero-order chi connectivity index (χ0) is 20.1. The van der Waals surface area contributed by atoms with E-state index in [4.69, 9.17) is 4.74 Å². The van der Waals surface area contributed by atoms with Crippen LogP contribution in [0.3, 0.4) is 0 Å². The van der Waals surface area contributed by atoms with E-state index in [1.807, 2.05) is 48.5 Å². The van der Waals surface area contributed by atoms with Gasteiger partial charge in [-0.25, -0.2) is 0 Å². The van der Waals surface area contributed by atoms with Crippen LogP contribution in [0, 0.1) is 6.92 Å². The maximum Gasteiger partial charge on any atom is 0.255 e. The van der Waals surface area contributed by atoms with Gasteiger partial charge in [0.2, 0.25) is 0 Å². The van der Waals surface area contributed by atoms with Gasteiger partial charge in [0.25, 0.3) is 5.91 Å². The van der Waals surface area contributed by atoms with Gasteiger partial charge in [0.05, 0.1) is 18.4 Å². The number of hydrogen-bond acceptors (Lipinski definition) is 3. The number of anilines is 2. The summed E-state index contributed by atoms with van der Waals surface area (Å²) in [5.41, 5.74) is 4.95. The Morgan fingerprint density at radius 3 is 2.07 bits per heavy atom. The summed E-state index contributed by atoms with van der Waals surface area (Å²) >= 11 is 0.